The van der Waals surface area contributed by atoms with Crippen molar-refractivity contribution in [2.24, 2.45) is 5.16 Å². The molecular weight excluding hydrogens is 430 g/mol. The lowest BCUT2D eigenvalue weighted by atomic mass is 9.86. The quantitative estimate of drug-likeness (QED) is 0.591. The first-order valence-electron chi connectivity index (χ1n) is 8.26. The lowest BCUT2D eigenvalue weighted by Crippen LogP contribution is -2.42. The highest BCUT2D eigenvalue weighted by Crippen LogP contribution is 2.49. The Kier molecular flexibility index (Phi) is 5.40. The van der Waals surface area contributed by atoms with Gasteiger partial charge in [-0.2, -0.15) is 13.2 Å². The van der Waals surface area contributed by atoms with Gasteiger partial charge in [-0.15, -0.1) is 0 Å². The summed E-state index contributed by atoms with van der Waals surface area (Å²) in [7, 11) is 0. The molecule has 0 aromatic heterocycles. The Morgan fingerprint density at radius 3 is 2.34 bits per heavy atom. The summed E-state index contributed by atoms with van der Waals surface area (Å²) < 4.78 is 42.1. The Morgan fingerprint density at radius 2 is 1.83 bits per heavy atom. The van der Waals surface area contributed by atoms with Gasteiger partial charge >= 0.3 is 12.1 Å². The van der Waals surface area contributed by atoms with Gasteiger partial charge in [-0.25, -0.2) is 4.79 Å². The van der Waals surface area contributed by atoms with Crippen LogP contribution in [-0.4, -0.2) is 23.0 Å². The zero-order valence-electron chi connectivity index (χ0n) is 15.0. The summed E-state index contributed by atoms with van der Waals surface area (Å²) in [5, 5.41) is 12.8. The number of carboxylic acid groups (broad SMARTS) is 1. The van der Waals surface area contributed by atoms with Crippen LogP contribution in [0.3, 0.4) is 0 Å². The van der Waals surface area contributed by atoms with Crippen LogP contribution in [-0.2, 0) is 15.2 Å². The van der Waals surface area contributed by atoms with Crippen LogP contribution in [0.5, 0.6) is 0 Å². The molecule has 29 heavy (non-hydrogen) atoms. The Labute approximate surface area is 174 Å². The van der Waals surface area contributed by atoms with Gasteiger partial charge in [0.15, 0.2) is 0 Å². The SMILES string of the molecule is C=C(C(=O)O)c1ccc(C2=NOC(c3cc(Cl)cc(Cl)c3)(C(F)(F)F)C2)cc1C. The lowest BCUT2D eigenvalue weighted by molar-refractivity contribution is -0.275. The van der Waals surface area contributed by atoms with Gasteiger partial charge in [0.25, 0.3) is 5.60 Å². The van der Waals surface area contributed by atoms with Gasteiger partial charge in [0.05, 0.1) is 11.3 Å². The molecule has 9 heteroatoms. The molecule has 1 unspecified atom stereocenters. The highest BCUT2D eigenvalue weighted by molar-refractivity contribution is 6.34. The minimum atomic E-state index is -4.79. The Hall–Kier alpha value is -2.51. The van der Waals surface area contributed by atoms with Gasteiger partial charge < -0.3 is 9.94 Å². The van der Waals surface area contributed by atoms with Gasteiger partial charge in [0, 0.05) is 22.0 Å². The summed E-state index contributed by atoms with van der Waals surface area (Å²) in [6.07, 6.45) is -5.38. The molecule has 0 bridgehead atoms. The standard InChI is InChI=1S/C20H14Cl2F3NO3/c1-10-5-12(3-4-16(10)11(2)18(27)28)17-9-19(29-26-17,20(23,24)25)13-6-14(21)8-15(22)7-13/h3-8H,2,9H2,1H3,(H,27,28). The predicted octanol–water partition coefficient (Wildman–Crippen LogP) is 5.98. The monoisotopic (exact) mass is 443 g/mol. The van der Waals surface area contributed by atoms with Crippen LogP contribution in [0.4, 0.5) is 13.2 Å². The van der Waals surface area contributed by atoms with E-state index in [1.807, 2.05) is 0 Å². The molecule has 1 aliphatic heterocycles. The van der Waals surface area contributed by atoms with Crippen LogP contribution in [0.2, 0.25) is 10.0 Å². The summed E-state index contributed by atoms with van der Waals surface area (Å²) in [6.45, 7) is 5.13. The van der Waals surface area contributed by atoms with Crippen molar-refractivity contribution in [1.82, 2.24) is 0 Å². The molecule has 1 atom stereocenters. The molecule has 1 N–H and O–H groups in total. The molecule has 0 radical (unpaired) electrons. The van der Waals surface area contributed by atoms with Crippen molar-refractivity contribution in [2.45, 2.75) is 25.1 Å². The van der Waals surface area contributed by atoms with Crippen LogP contribution in [0.15, 0.2) is 48.1 Å². The van der Waals surface area contributed by atoms with Crippen molar-refractivity contribution in [3.05, 3.63) is 75.3 Å². The third kappa shape index (κ3) is 3.84. The molecule has 1 heterocycles. The van der Waals surface area contributed by atoms with Gasteiger partial charge in [-0.1, -0.05) is 47.1 Å². The van der Waals surface area contributed by atoms with Crippen molar-refractivity contribution >= 4 is 40.5 Å². The molecule has 0 aliphatic carbocycles. The van der Waals surface area contributed by atoms with Crippen molar-refractivity contribution in [3.8, 4) is 0 Å². The van der Waals surface area contributed by atoms with E-state index in [1.165, 1.54) is 18.2 Å². The highest BCUT2D eigenvalue weighted by atomic mass is 35.5. The van der Waals surface area contributed by atoms with E-state index in [2.05, 4.69) is 11.7 Å². The first-order valence-corrected chi connectivity index (χ1v) is 9.02. The van der Waals surface area contributed by atoms with E-state index in [-0.39, 0.29) is 26.9 Å². The van der Waals surface area contributed by atoms with Crippen LogP contribution in [0.25, 0.3) is 5.57 Å². The molecular formula is C20H14Cl2F3NO3. The number of carbonyl (C=O) groups is 1. The number of aliphatic carboxylic acids is 1. The first kappa shape index (κ1) is 21.2. The third-order valence-electron chi connectivity index (χ3n) is 4.66. The Morgan fingerprint density at radius 1 is 1.21 bits per heavy atom. The summed E-state index contributed by atoms with van der Waals surface area (Å²) >= 11 is 11.8. The second-order valence-corrected chi connectivity index (χ2v) is 7.48. The highest BCUT2D eigenvalue weighted by Gasteiger charge is 2.62. The summed E-state index contributed by atoms with van der Waals surface area (Å²) in [5.74, 6) is -1.18. The van der Waals surface area contributed by atoms with E-state index in [9.17, 15) is 18.0 Å². The summed E-state index contributed by atoms with van der Waals surface area (Å²) in [4.78, 5) is 16.1. The topological polar surface area (TPSA) is 58.9 Å². The van der Waals surface area contributed by atoms with Crippen molar-refractivity contribution < 1.29 is 27.9 Å². The van der Waals surface area contributed by atoms with Crippen LogP contribution in [0, 0.1) is 6.92 Å². The Bertz CT molecular complexity index is 1030. The molecule has 0 fully saturated rings. The number of nitrogens with zero attached hydrogens (tertiary/aromatic N) is 1. The smallest absolute Gasteiger partial charge is 0.435 e. The summed E-state index contributed by atoms with van der Waals surface area (Å²) in [5.41, 5.74) is -1.74. The van der Waals surface area contributed by atoms with Crippen molar-refractivity contribution in [3.63, 3.8) is 0 Å². The second kappa shape index (κ2) is 7.39. The molecule has 0 saturated heterocycles. The number of oxime groups is 1. The number of halogens is 5. The minimum Gasteiger partial charge on any atom is -0.478 e. The van der Waals surface area contributed by atoms with Crippen LogP contribution in [0.1, 0.15) is 28.7 Å². The average Bonchev–Trinajstić information content (AvgIpc) is 3.07. The Balaban J connectivity index is 2.00. The molecule has 0 spiro atoms. The molecule has 3 rings (SSSR count). The molecule has 1 aliphatic rings. The molecule has 152 valence electrons. The van der Waals surface area contributed by atoms with E-state index >= 15 is 0 Å². The van der Waals surface area contributed by atoms with E-state index in [4.69, 9.17) is 33.1 Å². The maximum atomic E-state index is 14.0. The number of benzene rings is 2. The van der Waals surface area contributed by atoms with Gasteiger partial charge in [0.1, 0.15) is 0 Å². The minimum absolute atomic E-state index is 0.0422. The molecule has 0 amide bonds. The van der Waals surface area contributed by atoms with E-state index in [1.54, 1.807) is 13.0 Å². The number of carboxylic acids is 1. The fourth-order valence-corrected chi connectivity index (χ4v) is 3.67. The van der Waals surface area contributed by atoms with E-state index < -0.39 is 24.2 Å². The van der Waals surface area contributed by atoms with Crippen molar-refractivity contribution in [2.75, 3.05) is 0 Å². The normalized spacial score (nSPS) is 18.9. The molecule has 0 saturated carbocycles. The zero-order chi connectivity index (χ0) is 21.6. The number of hydrogen-bond donors (Lipinski definition) is 1. The van der Waals surface area contributed by atoms with Crippen LogP contribution < -0.4 is 0 Å². The second-order valence-electron chi connectivity index (χ2n) is 6.60. The average molecular weight is 444 g/mol. The fraction of sp³-hybridized carbons (Fsp3) is 0.200. The first-order chi connectivity index (χ1) is 13.4. The van der Waals surface area contributed by atoms with Gasteiger partial charge in [-0.3, -0.25) is 0 Å². The number of hydrogen-bond acceptors (Lipinski definition) is 3. The molecule has 2 aromatic carbocycles. The lowest BCUT2D eigenvalue weighted by Gasteiger charge is -2.29. The van der Waals surface area contributed by atoms with E-state index in [0.29, 0.717) is 16.7 Å². The number of rotatable bonds is 4. The maximum absolute atomic E-state index is 14.0. The number of alkyl halides is 3. The van der Waals surface area contributed by atoms with Crippen LogP contribution >= 0.6 is 23.2 Å². The largest absolute Gasteiger partial charge is 0.478 e. The maximum Gasteiger partial charge on any atom is 0.435 e. The summed E-state index contributed by atoms with van der Waals surface area (Å²) in [6, 6.07) is 8.12. The molecule has 4 nitrogen and oxygen atoms in total. The van der Waals surface area contributed by atoms with Crippen molar-refractivity contribution in [1.29, 1.82) is 0 Å². The van der Waals surface area contributed by atoms with Gasteiger partial charge in [-0.05, 0) is 47.9 Å². The van der Waals surface area contributed by atoms with Gasteiger partial charge in [0.2, 0.25) is 0 Å². The molecule has 2 aromatic rings. The predicted molar refractivity (Wildman–Crippen MR) is 104 cm³/mol. The third-order valence-corrected chi connectivity index (χ3v) is 5.09. The number of aryl methyl sites for hydroxylation is 1. The fourth-order valence-electron chi connectivity index (χ4n) is 3.14. The zero-order valence-corrected chi connectivity index (χ0v) is 16.5. The van der Waals surface area contributed by atoms with E-state index in [0.717, 1.165) is 12.1 Å².